The lowest BCUT2D eigenvalue weighted by atomic mass is 10.3. The largest absolute Gasteiger partial charge is 0.396 e. The first-order chi connectivity index (χ1) is 9.87. The summed E-state index contributed by atoms with van der Waals surface area (Å²) in [5.74, 6) is 0.673. The average molecular weight is 309 g/mol. The van der Waals surface area contributed by atoms with Crippen molar-refractivity contribution in [1.29, 1.82) is 0 Å². The van der Waals surface area contributed by atoms with Gasteiger partial charge >= 0.3 is 0 Å². The fourth-order valence-corrected chi connectivity index (χ4v) is 3.24. The molecule has 0 aromatic carbocycles. The molecule has 0 amide bonds. The van der Waals surface area contributed by atoms with Gasteiger partial charge in [-0.25, -0.2) is 4.98 Å². The minimum atomic E-state index is -3.74. The van der Waals surface area contributed by atoms with Gasteiger partial charge in [-0.05, 0) is 19.4 Å². The Bertz CT molecular complexity index is 739. The highest BCUT2D eigenvalue weighted by Gasteiger charge is 2.26. The molecular formula is C13H19N5O2S. The molecule has 2 aromatic rings. The van der Waals surface area contributed by atoms with Crippen molar-refractivity contribution in [3.8, 4) is 0 Å². The highest BCUT2D eigenvalue weighted by atomic mass is 32.2. The summed E-state index contributed by atoms with van der Waals surface area (Å²) >= 11 is 0. The van der Waals surface area contributed by atoms with E-state index in [1.54, 1.807) is 19.2 Å². The molecule has 114 valence electrons. The summed E-state index contributed by atoms with van der Waals surface area (Å²) in [6, 6.07) is 1.56. The van der Waals surface area contributed by atoms with Gasteiger partial charge in [-0.2, -0.15) is 8.42 Å². The molecule has 0 radical (unpaired) electrons. The Morgan fingerprint density at radius 1 is 1.43 bits per heavy atom. The smallest absolute Gasteiger partial charge is 0.283 e. The summed E-state index contributed by atoms with van der Waals surface area (Å²) in [6.07, 6.45) is 5.38. The quantitative estimate of drug-likeness (QED) is 0.901. The van der Waals surface area contributed by atoms with E-state index in [0.29, 0.717) is 17.2 Å². The number of imidazole rings is 1. The number of nitrogen functional groups attached to an aromatic ring is 1. The third kappa shape index (κ3) is 2.85. The van der Waals surface area contributed by atoms with E-state index in [0.717, 1.165) is 17.3 Å². The van der Waals surface area contributed by atoms with E-state index >= 15 is 0 Å². The molecular weight excluding hydrogens is 290 g/mol. The maximum Gasteiger partial charge on any atom is 0.283 e. The lowest BCUT2D eigenvalue weighted by Crippen LogP contribution is -2.27. The van der Waals surface area contributed by atoms with Gasteiger partial charge in [-0.15, -0.1) is 0 Å². The number of nitrogens with two attached hydrogens (primary N) is 1. The van der Waals surface area contributed by atoms with Crippen molar-refractivity contribution in [3.63, 3.8) is 0 Å². The Balaban J connectivity index is 2.42. The van der Waals surface area contributed by atoms with Gasteiger partial charge in [0.1, 0.15) is 5.82 Å². The van der Waals surface area contributed by atoms with Gasteiger partial charge in [0.05, 0.1) is 17.6 Å². The highest BCUT2D eigenvalue weighted by molar-refractivity contribution is 7.92. The number of rotatable bonds is 5. The normalized spacial score (nSPS) is 11.6. The fraction of sp³-hybridized carbons (Fsp3) is 0.385. The van der Waals surface area contributed by atoms with Crippen molar-refractivity contribution in [3.05, 3.63) is 30.5 Å². The lowest BCUT2D eigenvalue weighted by Gasteiger charge is -2.19. The van der Waals surface area contributed by atoms with Crippen LogP contribution < -0.4 is 10.0 Å². The van der Waals surface area contributed by atoms with Crippen LogP contribution in [0.4, 0.5) is 11.4 Å². The zero-order chi connectivity index (χ0) is 15.6. The van der Waals surface area contributed by atoms with Crippen molar-refractivity contribution < 1.29 is 8.42 Å². The molecule has 7 nitrogen and oxygen atoms in total. The summed E-state index contributed by atoms with van der Waals surface area (Å²) in [7, 11) is -2.29. The SMILES string of the molecule is CCCn1cc(S(=O)(=O)N(C)c2ccncc2N)nc1C. The van der Waals surface area contributed by atoms with E-state index < -0.39 is 10.0 Å². The van der Waals surface area contributed by atoms with Crippen molar-refractivity contribution in [2.75, 3.05) is 17.1 Å². The molecule has 0 aliphatic carbocycles. The molecule has 0 fully saturated rings. The molecule has 0 spiro atoms. The molecule has 21 heavy (non-hydrogen) atoms. The second kappa shape index (κ2) is 5.72. The van der Waals surface area contributed by atoms with Crippen LogP contribution in [-0.4, -0.2) is 30.0 Å². The second-order valence-corrected chi connectivity index (χ2v) is 6.64. The van der Waals surface area contributed by atoms with Crippen LogP contribution in [0.15, 0.2) is 29.7 Å². The molecule has 2 N–H and O–H groups in total. The fourth-order valence-electron chi connectivity index (χ4n) is 2.03. The maximum absolute atomic E-state index is 12.6. The van der Waals surface area contributed by atoms with E-state index in [2.05, 4.69) is 9.97 Å². The molecule has 0 aliphatic heterocycles. The van der Waals surface area contributed by atoms with Gasteiger partial charge in [-0.3, -0.25) is 9.29 Å². The van der Waals surface area contributed by atoms with E-state index in [1.807, 2.05) is 11.5 Å². The van der Waals surface area contributed by atoms with Crippen LogP contribution in [0.5, 0.6) is 0 Å². The summed E-state index contributed by atoms with van der Waals surface area (Å²) in [6.45, 7) is 4.54. The van der Waals surface area contributed by atoms with Crippen LogP contribution >= 0.6 is 0 Å². The Kier molecular flexibility index (Phi) is 4.17. The van der Waals surface area contributed by atoms with E-state index in [4.69, 9.17) is 5.73 Å². The van der Waals surface area contributed by atoms with Crippen LogP contribution in [0, 0.1) is 6.92 Å². The van der Waals surface area contributed by atoms with Crippen molar-refractivity contribution in [1.82, 2.24) is 14.5 Å². The zero-order valence-electron chi connectivity index (χ0n) is 12.3. The maximum atomic E-state index is 12.6. The molecule has 0 atom stereocenters. The van der Waals surface area contributed by atoms with E-state index in [1.165, 1.54) is 19.4 Å². The molecule has 0 saturated heterocycles. The standard InChI is InChI=1S/C13H19N5O2S/c1-4-7-18-9-13(16-10(18)2)21(19,20)17(3)12-5-6-15-8-11(12)14/h5-6,8-9H,4,7,14H2,1-3H3. The van der Waals surface area contributed by atoms with Crippen LogP contribution in [0.2, 0.25) is 0 Å². The molecule has 2 rings (SSSR count). The Labute approximate surface area is 124 Å². The summed E-state index contributed by atoms with van der Waals surface area (Å²) in [5.41, 5.74) is 6.47. The first-order valence-corrected chi connectivity index (χ1v) is 8.04. The number of anilines is 2. The topological polar surface area (TPSA) is 94.1 Å². The molecule has 0 saturated carbocycles. The summed E-state index contributed by atoms with van der Waals surface area (Å²) < 4.78 is 28.2. The van der Waals surface area contributed by atoms with Crippen LogP contribution in [0.1, 0.15) is 19.2 Å². The van der Waals surface area contributed by atoms with Gasteiger partial charge in [-0.1, -0.05) is 6.92 Å². The average Bonchev–Trinajstić information content (AvgIpc) is 2.81. The third-order valence-corrected chi connectivity index (χ3v) is 4.85. The van der Waals surface area contributed by atoms with Crippen molar-refractivity contribution in [2.45, 2.75) is 31.8 Å². The minimum absolute atomic E-state index is 0.0205. The van der Waals surface area contributed by atoms with Gasteiger partial charge < -0.3 is 10.3 Å². The number of pyridine rings is 1. The van der Waals surface area contributed by atoms with Crippen LogP contribution in [0.25, 0.3) is 0 Å². The zero-order valence-corrected chi connectivity index (χ0v) is 13.1. The summed E-state index contributed by atoms with van der Waals surface area (Å²) in [5, 5.41) is 0.0205. The van der Waals surface area contributed by atoms with Crippen LogP contribution in [0.3, 0.4) is 0 Å². The van der Waals surface area contributed by atoms with Gasteiger partial charge in [0.2, 0.25) is 0 Å². The predicted octanol–water partition coefficient (Wildman–Crippen LogP) is 1.40. The Hall–Kier alpha value is -2.09. The molecule has 0 unspecified atom stereocenters. The number of hydrogen-bond acceptors (Lipinski definition) is 5. The van der Waals surface area contributed by atoms with Gasteiger partial charge in [0.15, 0.2) is 5.03 Å². The van der Waals surface area contributed by atoms with Crippen molar-refractivity contribution in [2.24, 2.45) is 0 Å². The Morgan fingerprint density at radius 3 is 2.76 bits per heavy atom. The molecule has 0 bridgehead atoms. The monoisotopic (exact) mass is 309 g/mol. The minimum Gasteiger partial charge on any atom is -0.396 e. The van der Waals surface area contributed by atoms with Gasteiger partial charge in [0.25, 0.3) is 10.0 Å². The predicted molar refractivity (Wildman–Crippen MR) is 81.5 cm³/mol. The number of hydrogen-bond donors (Lipinski definition) is 1. The van der Waals surface area contributed by atoms with E-state index in [9.17, 15) is 8.42 Å². The molecule has 8 heteroatoms. The molecule has 2 heterocycles. The number of sulfonamides is 1. The summed E-state index contributed by atoms with van der Waals surface area (Å²) in [4.78, 5) is 8.01. The second-order valence-electron chi connectivity index (χ2n) is 4.73. The number of aryl methyl sites for hydroxylation is 2. The first kappa shape index (κ1) is 15.3. The highest BCUT2D eigenvalue weighted by Crippen LogP contribution is 2.26. The third-order valence-electron chi connectivity index (χ3n) is 3.21. The number of aromatic nitrogens is 3. The number of nitrogens with zero attached hydrogens (tertiary/aromatic N) is 4. The lowest BCUT2D eigenvalue weighted by molar-refractivity contribution is 0.590. The first-order valence-electron chi connectivity index (χ1n) is 6.60. The molecule has 0 aliphatic rings. The van der Waals surface area contributed by atoms with Crippen LogP contribution in [-0.2, 0) is 16.6 Å². The Morgan fingerprint density at radius 2 is 2.14 bits per heavy atom. The van der Waals surface area contributed by atoms with E-state index in [-0.39, 0.29) is 5.03 Å². The van der Waals surface area contributed by atoms with Crippen molar-refractivity contribution >= 4 is 21.4 Å². The van der Waals surface area contributed by atoms with Gasteiger partial charge in [0, 0.05) is 26.0 Å². The molecule has 2 aromatic heterocycles.